The summed E-state index contributed by atoms with van der Waals surface area (Å²) in [6.45, 7) is 7.79. The van der Waals surface area contributed by atoms with Crippen molar-refractivity contribution in [2.45, 2.75) is 19.3 Å². The lowest BCUT2D eigenvalue weighted by atomic mass is 10.3. The van der Waals surface area contributed by atoms with Crippen LogP contribution >= 0.6 is 0 Å². The highest BCUT2D eigenvalue weighted by Gasteiger charge is 2.19. The number of hydrogen-bond donors (Lipinski definition) is 1. The Kier molecular flexibility index (Phi) is 4.22. The van der Waals surface area contributed by atoms with E-state index < -0.39 is 0 Å². The van der Waals surface area contributed by atoms with Gasteiger partial charge >= 0.3 is 0 Å². The van der Waals surface area contributed by atoms with Crippen molar-refractivity contribution >= 4 is 0 Å². The summed E-state index contributed by atoms with van der Waals surface area (Å²) in [5, 5.41) is 3.53. The lowest BCUT2D eigenvalue weighted by molar-refractivity contribution is 0.0374. The molecule has 1 aliphatic heterocycles. The van der Waals surface area contributed by atoms with E-state index in [0.717, 1.165) is 32.2 Å². The first-order valence-corrected chi connectivity index (χ1v) is 5.96. The van der Waals surface area contributed by atoms with Gasteiger partial charge in [0.1, 0.15) is 0 Å². The van der Waals surface area contributed by atoms with Crippen LogP contribution in [0.3, 0.4) is 0 Å². The summed E-state index contributed by atoms with van der Waals surface area (Å²) in [7, 11) is 0. The molecule has 3 nitrogen and oxygen atoms in total. The predicted octanol–water partition coefficient (Wildman–Crippen LogP) is 0.708. The largest absolute Gasteiger partial charge is 0.379 e. The van der Waals surface area contributed by atoms with Gasteiger partial charge < -0.3 is 10.1 Å². The standard InChI is InChI=1S/C11H22N2O/c1(4-12-10-11-2-3-11)5-13-6-8-14-9-7-13/h11-12H,1-10H2. The van der Waals surface area contributed by atoms with E-state index in [0.29, 0.717) is 0 Å². The van der Waals surface area contributed by atoms with Crippen molar-refractivity contribution in [2.24, 2.45) is 5.92 Å². The van der Waals surface area contributed by atoms with Gasteiger partial charge in [-0.05, 0) is 44.8 Å². The van der Waals surface area contributed by atoms with Crippen molar-refractivity contribution in [2.75, 3.05) is 45.9 Å². The van der Waals surface area contributed by atoms with Crippen molar-refractivity contribution in [1.82, 2.24) is 10.2 Å². The zero-order chi connectivity index (χ0) is 9.64. The minimum absolute atomic E-state index is 0.926. The van der Waals surface area contributed by atoms with Gasteiger partial charge in [0, 0.05) is 13.1 Å². The van der Waals surface area contributed by atoms with Crippen LogP contribution < -0.4 is 5.32 Å². The van der Waals surface area contributed by atoms with Gasteiger partial charge in [0.05, 0.1) is 13.2 Å². The first-order valence-electron chi connectivity index (χ1n) is 5.96. The summed E-state index contributed by atoms with van der Waals surface area (Å²) in [5.74, 6) is 1.01. The van der Waals surface area contributed by atoms with Crippen LogP contribution in [0, 0.1) is 5.92 Å². The predicted molar refractivity (Wildman–Crippen MR) is 57.5 cm³/mol. The summed E-state index contributed by atoms with van der Waals surface area (Å²) >= 11 is 0. The Bertz CT molecular complexity index is 153. The van der Waals surface area contributed by atoms with Crippen LogP contribution in [0.2, 0.25) is 0 Å². The molecule has 0 aromatic rings. The van der Waals surface area contributed by atoms with Crippen LogP contribution in [0.4, 0.5) is 0 Å². The van der Waals surface area contributed by atoms with E-state index in [1.165, 1.54) is 38.9 Å². The zero-order valence-electron chi connectivity index (χ0n) is 9.00. The summed E-state index contributed by atoms with van der Waals surface area (Å²) in [5.41, 5.74) is 0. The second kappa shape index (κ2) is 5.69. The molecule has 0 spiro atoms. The van der Waals surface area contributed by atoms with Crippen LogP contribution in [-0.2, 0) is 4.74 Å². The molecule has 2 rings (SSSR count). The SMILES string of the molecule is C(CNCC1CC1)CN1CCOCC1. The molecule has 0 bridgehead atoms. The minimum atomic E-state index is 0.926. The summed E-state index contributed by atoms with van der Waals surface area (Å²) in [6, 6.07) is 0. The summed E-state index contributed by atoms with van der Waals surface area (Å²) in [6.07, 6.45) is 4.19. The van der Waals surface area contributed by atoms with Gasteiger partial charge in [0.2, 0.25) is 0 Å². The maximum absolute atomic E-state index is 5.31. The summed E-state index contributed by atoms with van der Waals surface area (Å²) < 4.78 is 5.31. The lowest BCUT2D eigenvalue weighted by Crippen LogP contribution is -2.37. The normalized spacial score (nSPS) is 24.0. The number of nitrogens with zero attached hydrogens (tertiary/aromatic N) is 1. The van der Waals surface area contributed by atoms with E-state index in [1.807, 2.05) is 0 Å². The molecule has 82 valence electrons. The fourth-order valence-electron chi connectivity index (χ4n) is 1.88. The van der Waals surface area contributed by atoms with Crippen molar-refractivity contribution in [3.63, 3.8) is 0 Å². The molecule has 2 aliphatic rings. The number of morpholine rings is 1. The average Bonchev–Trinajstić information content (AvgIpc) is 3.03. The third-order valence-corrected chi connectivity index (χ3v) is 3.06. The third kappa shape index (κ3) is 3.95. The van der Waals surface area contributed by atoms with Gasteiger partial charge in [-0.1, -0.05) is 0 Å². The fourth-order valence-corrected chi connectivity index (χ4v) is 1.88. The minimum Gasteiger partial charge on any atom is -0.379 e. The number of rotatable bonds is 6. The molecule has 1 saturated heterocycles. The van der Waals surface area contributed by atoms with Crippen molar-refractivity contribution in [3.05, 3.63) is 0 Å². The van der Waals surface area contributed by atoms with Gasteiger partial charge in [0.25, 0.3) is 0 Å². The Hall–Kier alpha value is -0.120. The molecule has 2 fully saturated rings. The number of hydrogen-bond acceptors (Lipinski definition) is 3. The van der Waals surface area contributed by atoms with Crippen molar-refractivity contribution in [3.8, 4) is 0 Å². The van der Waals surface area contributed by atoms with Crippen LogP contribution in [0.15, 0.2) is 0 Å². The van der Waals surface area contributed by atoms with E-state index in [1.54, 1.807) is 0 Å². The Balaban J connectivity index is 1.41. The Morgan fingerprint density at radius 2 is 2.00 bits per heavy atom. The van der Waals surface area contributed by atoms with Gasteiger partial charge in [-0.3, -0.25) is 4.90 Å². The molecular formula is C11H22N2O. The maximum atomic E-state index is 5.31. The first kappa shape index (κ1) is 10.4. The van der Waals surface area contributed by atoms with Crippen LogP contribution in [0.1, 0.15) is 19.3 Å². The van der Waals surface area contributed by atoms with Gasteiger partial charge in [-0.15, -0.1) is 0 Å². The maximum Gasteiger partial charge on any atom is 0.0594 e. The van der Waals surface area contributed by atoms with E-state index in [-0.39, 0.29) is 0 Å². The summed E-state index contributed by atoms with van der Waals surface area (Å²) in [4.78, 5) is 2.50. The van der Waals surface area contributed by atoms with E-state index >= 15 is 0 Å². The molecule has 0 radical (unpaired) electrons. The first-order chi connectivity index (χ1) is 6.95. The van der Waals surface area contributed by atoms with Crippen LogP contribution in [0.25, 0.3) is 0 Å². The quantitative estimate of drug-likeness (QED) is 0.636. The zero-order valence-corrected chi connectivity index (χ0v) is 9.00. The monoisotopic (exact) mass is 198 g/mol. The highest BCUT2D eigenvalue weighted by molar-refractivity contribution is 4.75. The Morgan fingerprint density at radius 1 is 1.21 bits per heavy atom. The second-order valence-corrected chi connectivity index (χ2v) is 4.46. The van der Waals surface area contributed by atoms with Gasteiger partial charge in [-0.25, -0.2) is 0 Å². The van der Waals surface area contributed by atoms with Gasteiger partial charge in [0.15, 0.2) is 0 Å². The topological polar surface area (TPSA) is 24.5 Å². The molecule has 1 heterocycles. The average molecular weight is 198 g/mol. The van der Waals surface area contributed by atoms with Crippen LogP contribution in [-0.4, -0.2) is 50.8 Å². The molecular weight excluding hydrogens is 176 g/mol. The molecule has 0 aromatic heterocycles. The molecule has 3 heteroatoms. The fraction of sp³-hybridized carbons (Fsp3) is 1.00. The molecule has 0 unspecified atom stereocenters. The molecule has 1 N–H and O–H groups in total. The smallest absolute Gasteiger partial charge is 0.0594 e. The van der Waals surface area contributed by atoms with E-state index in [2.05, 4.69) is 10.2 Å². The molecule has 1 aliphatic carbocycles. The molecule has 0 amide bonds. The Morgan fingerprint density at radius 3 is 2.71 bits per heavy atom. The number of ether oxygens (including phenoxy) is 1. The van der Waals surface area contributed by atoms with Crippen LogP contribution in [0.5, 0.6) is 0 Å². The lowest BCUT2D eigenvalue weighted by Gasteiger charge is -2.26. The van der Waals surface area contributed by atoms with Crippen molar-refractivity contribution < 1.29 is 4.74 Å². The molecule has 1 saturated carbocycles. The molecule has 0 aromatic carbocycles. The van der Waals surface area contributed by atoms with Crippen molar-refractivity contribution in [1.29, 1.82) is 0 Å². The second-order valence-electron chi connectivity index (χ2n) is 4.46. The third-order valence-electron chi connectivity index (χ3n) is 3.06. The molecule has 14 heavy (non-hydrogen) atoms. The highest BCUT2D eigenvalue weighted by Crippen LogP contribution is 2.27. The highest BCUT2D eigenvalue weighted by atomic mass is 16.5. The Labute approximate surface area is 86.8 Å². The van der Waals surface area contributed by atoms with Gasteiger partial charge in [-0.2, -0.15) is 0 Å². The molecule has 0 atom stereocenters. The number of nitrogens with one attached hydrogen (secondary N) is 1. The van der Waals surface area contributed by atoms with E-state index in [4.69, 9.17) is 4.74 Å². The van der Waals surface area contributed by atoms with E-state index in [9.17, 15) is 0 Å².